The first-order valence-electron chi connectivity index (χ1n) is 8.02. The van der Waals surface area contributed by atoms with E-state index in [2.05, 4.69) is 15.3 Å². The van der Waals surface area contributed by atoms with Gasteiger partial charge in [-0.2, -0.15) is 4.98 Å². The molecule has 0 amide bonds. The zero-order valence-electron chi connectivity index (χ0n) is 14.1. The first-order valence-corrected chi connectivity index (χ1v) is 9.15. The highest BCUT2D eigenvalue weighted by molar-refractivity contribution is 6.42. The van der Waals surface area contributed by atoms with Gasteiger partial charge in [0.15, 0.2) is 0 Å². The van der Waals surface area contributed by atoms with Crippen molar-refractivity contribution < 1.29 is 0 Å². The van der Waals surface area contributed by atoms with E-state index < -0.39 is 0 Å². The van der Waals surface area contributed by atoms with Gasteiger partial charge in [-0.05, 0) is 42.7 Å². The van der Waals surface area contributed by atoms with Crippen LogP contribution in [0.5, 0.6) is 0 Å². The molecule has 0 bridgehead atoms. The molecule has 3 aromatic rings. The van der Waals surface area contributed by atoms with Crippen LogP contribution in [0.2, 0.25) is 15.1 Å². The third-order valence-electron chi connectivity index (χ3n) is 3.99. The number of hydrogen-bond donors (Lipinski definition) is 2. The fraction of sp³-hybridized carbons (Fsp3) is 0.158. The van der Waals surface area contributed by atoms with E-state index in [1.54, 1.807) is 6.07 Å². The highest BCUT2D eigenvalue weighted by Crippen LogP contribution is 2.28. The lowest BCUT2D eigenvalue weighted by molar-refractivity contribution is 1.00. The Morgan fingerprint density at radius 1 is 0.962 bits per heavy atom. The Kier molecular flexibility index (Phi) is 5.87. The summed E-state index contributed by atoms with van der Waals surface area (Å²) in [6.07, 6.45) is 0.770. The molecule has 0 saturated carbocycles. The third kappa shape index (κ3) is 4.39. The number of nitrogens with two attached hydrogens (primary N) is 1. The SMILES string of the molecule is Cc1c(Cl)cccc1-c1cc(NCCc2ccc(Cl)c(Cl)c2)nc(N)n1. The average Bonchev–Trinajstić information content (AvgIpc) is 2.60. The maximum atomic E-state index is 6.21. The predicted molar refractivity (Wildman–Crippen MR) is 110 cm³/mol. The first-order chi connectivity index (χ1) is 12.4. The van der Waals surface area contributed by atoms with Crippen LogP contribution in [-0.4, -0.2) is 16.5 Å². The Hall–Kier alpha value is -2.01. The molecule has 26 heavy (non-hydrogen) atoms. The van der Waals surface area contributed by atoms with Crippen molar-refractivity contribution in [1.29, 1.82) is 0 Å². The third-order valence-corrected chi connectivity index (χ3v) is 5.14. The van der Waals surface area contributed by atoms with Crippen LogP contribution >= 0.6 is 34.8 Å². The van der Waals surface area contributed by atoms with Gasteiger partial charge < -0.3 is 11.1 Å². The molecular weight excluding hydrogens is 391 g/mol. The van der Waals surface area contributed by atoms with Crippen LogP contribution in [-0.2, 0) is 6.42 Å². The molecule has 0 aliphatic carbocycles. The molecule has 3 N–H and O–H groups in total. The van der Waals surface area contributed by atoms with Gasteiger partial charge in [-0.3, -0.25) is 0 Å². The molecule has 1 aromatic heterocycles. The van der Waals surface area contributed by atoms with Crippen LogP contribution in [0.4, 0.5) is 11.8 Å². The van der Waals surface area contributed by atoms with Gasteiger partial charge in [0, 0.05) is 23.2 Å². The minimum absolute atomic E-state index is 0.207. The number of hydrogen-bond acceptors (Lipinski definition) is 4. The molecule has 1 heterocycles. The van der Waals surface area contributed by atoms with Gasteiger partial charge in [0.2, 0.25) is 5.95 Å². The summed E-state index contributed by atoms with van der Waals surface area (Å²) in [5.41, 5.74) is 9.57. The Bertz CT molecular complexity index is 944. The van der Waals surface area contributed by atoms with Crippen molar-refractivity contribution in [1.82, 2.24) is 9.97 Å². The molecule has 4 nitrogen and oxygen atoms in total. The second-order valence-electron chi connectivity index (χ2n) is 5.83. The Labute approximate surface area is 167 Å². The highest BCUT2D eigenvalue weighted by atomic mass is 35.5. The molecule has 0 fully saturated rings. The van der Waals surface area contributed by atoms with Gasteiger partial charge in [-0.25, -0.2) is 4.98 Å². The zero-order chi connectivity index (χ0) is 18.7. The fourth-order valence-corrected chi connectivity index (χ4v) is 3.10. The van der Waals surface area contributed by atoms with Gasteiger partial charge in [0.1, 0.15) is 5.82 Å². The summed E-state index contributed by atoms with van der Waals surface area (Å²) < 4.78 is 0. The van der Waals surface area contributed by atoms with Crippen LogP contribution in [0.1, 0.15) is 11.1 Å². The summed E-state index contributed by atoms with van der Waals surface area (Å²) in [4.78, 5) is 8.58. The lowest BCUT2D eigenvalue weighted by Gasteiger charge is -2.11. The van der Waals surface area contributed by atoms with E-state index >= 15 is 0 Å². The number of halogens is 3. The van der Waals surface area contributed by atoms with Gasteiger partial charge in [-0.15, -0.1) is 0 Å². The predicted octanol–water partition coefficient (Wildman–Crippen LogP) is 5.65. The number of nitrogen functional groups attached to an aromatic ring is 1. The molecular formula is C19H17Cl3N4. The van der Waals surface area contributed by atoms with E-state index in [0.29, 0.717) is 27.4 Å². The Morgan fingerprint density at radius 2 is 1.77 bits per heavy atom. The molecule has 0 spiro atoms. The Morgan fingerprint density at radius 3 is 2.54 bits per heavy atom. The fourth-order valence-electron chi connectivity index (χ4n) is 2.61. The van der Waals surface area contributed by atoms with E-state index in [4.69, 9.17) is 40.5 Å². The quantitative estimate of drug-likeness (QED) is 0.573. The molecule has 0 unspecified atom stereocenters. The molecule has 0 aliphatic rings. The van der Waals surface area contributed by atoms with Crippen LogP contribution in [0, 0.1) is 6.92 Å². The van der Waals surface area contributed by atoms with Crippen molar-refractivity contribution in [2.75, 3.05) is 17.6 Å². The van der Waals surface area contributed by atoms with Gasteiger partial charge in [0.05, 0.1) is 15.7 Å². The van der Waals surface area contributed by atoms with Crippen molar-refractivity contribution in [2.24, 2.45) is 0 Å². The van der Waals surface area contributed by atoms with Gasteiger partial charge >= 0.3 is 0 Å². The van der Waals surface area contributed by atoms with Crippen LogP contribution < -0.4 is 11.1 Å². The van der Waals surface area contributed by atoms with Crippen LogP contribution in [0.15, 0.2) is 42.5 Å². The summed E-state index contributed by atoms with van der Waals surface area (Å²) in [5.74, 6) is 0.867. The standard InChI is InChI=1S/C19H17Cl3N4/c1-11-13(3-2-4-14(11)20)17-10-18(26-19(23)25-17)24-8-7-12-5-6-15(21)16(22)9-12/h2-6,9-10H,7-8H2,1H3,(H3,23,24,25,26). The van der Waals surface area contributed by atoms with Gasteiger partial charge in [-0.1, -0.05) is 53.0 Å². The van der Waals surface area contributed by atoms with E-state index in [-0.39, 0.29) is 5.95 Å². The largest absolute Gasteiger partial charge is 0.370 e. The summed E-state index contributed by atoms with van der Waals surface area (Å²) in [6, 6.07) is 13.2. The number of aromatic nitrogens is 2. The average molecular weight is 408 g/mol. The van der Waals surface area contributed by atoms with Crippen molar-refractivity contribution in [3.8, 4) is 11.3 Å². The second kappa shape index (κ2) is 8.12. The van der Waals surface area contributed by atoms with Gasteiger partial charge in [0.25, 0.3) is 0 Å². The molecule has 0 radical (unpaired) electrons. The summed E-state index contributed by atoms with van der Waals surface area (Å²) in [7, 11) is 0. The minimum Gasteiger partial charge on any atom is -0.370 e. The lowest BCUT2D eigenvalue weighted by Crippen LogP contribution is -2.08. The van der Waals surface area contributed by atoms with E-state index in [1.165, 1.54) is 0 Å². The van der Waals surface area contributed by atoms with Crippen molar-refractivity contribution in [3.05, 3.63) is 68.7 Å². The van der Waals surface area contributed by atoms with Crippen LogP contribution in [0.3, 0.4) is 0 Å². The number of nitrogens with zero attached hydrogens (tertiary/aromatic N) is 2. The topological polar surface area (TPSA) is 63.8 Å². The normalized spacial score (nSPS) is 10.8. The number of nitrogens with one attached hydrogen (secondary N) is 1. The molecule has 134 valence electrons. The monoisotopic (exact) mass is 406 g/mol. The molecule has 3 rings (SSSR count). The molecule has 7 heteroatoms. The zero-order valence-corrected chi connectivity index (χ0v) is 16.3. The summed E-state index contributed by atoms with van der Waals surface area (Å²) in [5, 5.41) is 5.06. The molecule has 0 aliphatic heterocycles. The highest BCUT2D eigenvalue weighted by Gasteiger charge is 2.09. The number of anilines is 2. The van der Waals surface area contributed by atoms with E-state index in [9.17, 15) is 0 Å². The summed E-state index contributed by atoms with van der Waals surface area (Å²) in [6.45, 7) is 2.62. The molecule has 0 atom stereocenters. The minimum atomic E-state index is 0.207. The lowest BCUT2D eigenvalue weighted by atomic mass is 10.1. The first kappa shape index (κ1) is 18.8. The molecule has 2 aromatic carbocycles. The van der Waals surface area contributed by atoms with E-state index in [0.717, 1.165) is 28.8 Å². The Balaban J connectivity index is 1.75. The molecule has 0 saturated heterocycles. The van der Waals surface area contributed by atoms with E-state index in [1.807, 2.05) is 43.3 Å². The number of rotatable bonds is 5. The van der Waals surface area contributed by atoms with Crippen LogP contribution in [0.25, 0.3) is 11.3 Å². The maximum absolute atomic E-state index is 6.21. The van der Waals surface area contributed by atoms with Crippen molar-refractivity contribution >= 4 is 46.6 Å². The van der Waals surface area contributed by atoms with Crippen molar-refractivity contribution in [2.45, 2.75) is 13.3 Å². The second-order valence-corrected chi connectivity index (χ2v) is 7.06. The smallest absolute Gasteiger partial charge is 0.222 e. The van der Waals surface area contributed by atoms with Crippen molar-refractivity contribution in [3.63, 3.8) is 0 Å². The number of benzene rings is 2. The summed E-state index contributed by atoms with van der Waals surface area (Å²) >= 11 is 18.2. The maximum Gasteiger partial charge on any atom is 0.222 e.